The van der Waals surface area contributed by atoms with E-state index in [1.807, 2.05) is 0 Å². The highest BCUT2D eigenvalue weighted by atomic mass is 16.6. The van der Waals surface area contributed by atoms with Crippen LogP contribution in [0.4, 0.5) is 11.5 Å². The third-order valence-corrected chi connectivity index (χ3v) is 2.65. The van der Waals surface area contributed by atoms with E-state index in [2.05, 4.69) is 4.98 Å². The molecule has 1 unspecified atom stereocenters. The van der Waals surface area contributed by atoms with Gasteiger partial charge >= 0.3 is 5.69 Å². The number of amides is 1. The lowest BCUT2D eigenvalue weighted by Gasteiger charge is -2.15. The fourth-order valence-electron chi connectivity index (χ4n) is 1.85. The van der Waals surface area contributed by atoms with Crippen LogP contribution in [0.5, 0.6) is 0 Å². The summed E-state index contributed by atoms with van der Waals surface area (Å²) >= 11 is 0. The Balaban J connectivity index is 2.49. The number of hydrogen-bond acceptors (Lipinski definition) is 5. The zero-order valence-electron chi connectivity index (χ0n) is 9.16. The number of pyridine rings is 1. The maximum Gasteiger partial charge on any atom is 0.314 e. The first-order chi connectivity index (χ1) is 8.00. The van der Waals surface area contributed by atoms with Crippen LogP contribution in [0, 0.1) is 17.0 Å². The highest BCUT2D eigenvalue weighted by Gasteiger charge is 2.34. The Labute approximate surface area is 96.8 Å². The molecule has 1 amide bonds. The molecule has 0 radical (unpaired) electrons. The van der Waals surface area contributed by atoms with Crippen LogP contribution in [-0.4, -0.2) is 33.6 Å². The molecule has 7 nitrogen and oxygen atoms in total. The topological polar surface area (TPSA) is 96.6 Å². The lowest BCUT2D eigenvalue weighted by atomic mass is 10.2. The summed E-state index contributed by atoms with van der Waals surface area (Å²) in [5.41, 5.74) is 0.254. The first-order valence-corrected chi connectivity index (χ1v) is 5.09. The fourth-order valence-corrected chi connectivity index (χ4v) is 1.85. The van der Waals surface area contributed by atoms with Gasteiger partial charge in [-0.05, 0) is 13.0 Å². The van der Waals surface area contributed by atoms with Gasteiger partial charge in [0.2, 0.25) is 11.7 Å². The summed E-state index contributed by atoms with van der Waals surface area (Å²) in [5, 5.41) is 20.3. The number of aryl methyl sites for hydroxylation is 1. The Morgan fingerprint density at radius 2 is 2.35 bits per heavy atom. The van der Waals surface area contributed by atoms with Gasteiger partial charge in [-0.2, -0.15) is 0 Å². The Morgan fingerprint density at radius 1 is 1.65 bits per heavy atom. The van der Waals surface area contributed by atoms with E-state index < -0.39 is 11.0 Å². The number of nitro groups is 1. The number of aliphatic hydroxyl groups is 1. The van der Waals surface area contributed by atoms with Crippen molar-refractivity contribution in [1.82, 2.24) is 4.98 Å². The van der Waals surface area contributed by atoms with E-state index in [1.54, 1.807) is 6.92 Å². The zero-order valence-corrected chi connectivity index (χ0v) is 9.16. The van der Waals surface area contributed by atoms with E-state index in [0.717, 1.165) is 4.90 Å². The lowest BCUT2D eigenvalue weighted by molar-refractivity contribution is -0.384. The predicted molar refractivity (Wildman–Crippen MR) is 58.6 cm³/mol. The van der Waals surface area contributed by atoms with Crippen molar-refractivity contribution < 1.29 is 14.8 Å². The van der Waals surface area contributed by atoms with Gasteiger partial charge in [0.1, 0.15) is 0 Å². The fraction of sp³-hybridized carbons (Fsp3) is 0.400. The van der Waals surface area contributed by atoms with Gasteiger partial charge in [0.25, 0.3) is 0 Å². The molecule has 1 saturated heterocycles. The van der Waals surface area contributed by atoms with E-state index in [-0.39, 0.29) is 30.4 Å². The molecule has 7 heteroatoms. The average Bonchev–Trinajstić information content (AvgIpc) is 2.56. The van der Waals surface area contributed by atoms with E-state index in [9.17, 15) is 20.0 Å². The Kier molecular flexibility index (Phi) is 2.76. The maximum atomic E-state index is 11.6. The molecule has 1 N–H and O–H groups in total. The van der Waals surface area contributed by atoms with Crippen LogP contribution in [0.1, 0.15) is 12.0 Å². The first-order valence-electron chi connectivity index (χ1n) is 5.09. The summed E-state index contributed by atoms with van der Waals surface area (Å²) in [6, 6.07) is 1.51. The molecular formula is C10H11N3O4. The summed E-state index contributed by atoms with van der Waals surface area (Å²) in [4.78, 5) is 27.0. The lowest BCUT2D eigenvalue weighted by Crippen LogP contribution is -2.27. The SMILES string of the molecule is Cc1ccnc(N2CC(O)CC2=O)c1[N+](=O)[O-]. The van der Waals surface area contributed by atoms with Crippen molar-refractivity contribution in [2.45, 2.75) is 19.4 Å². The smallest absolute Gasteiger partial charge is 0.314 e. The Hall–Kier alpha value is -2.02. The molecule has 1 aromatic heterocycles. The number of hydrogen-bond donors (Lipinski definition) is 1. The number of nitrogens with zero attached hydrogens (tertiary/aromatic N) is 3. The summed E-state index contributed by atoms with van der Waals surface area (Å²) in [6.07, 6.45) is 0.604. The number of carbonyl (C=O) groups is 1. The highest BCUT2D eigenvalue weighted by Crippen LogP contribution is 2.31. The number of anilines is 1. The molecule has 0 bridgehead atoms. The molecule has 0 saturated carbocycles. The van der Waals surface area contributed by atoms with E-state index in [0.29, 0.717) is 5.56 Å². The van der Waals surface area contributed by atoms with Crippen LogP contribution in [0.25, 0.3) is 0 Å². The maximum absolute atomic E-state index is 11.6. The van der Waals surface area contributed by atoms with Gasteiger partial charge in [-0.1, -0.05) is 0 Å². The number of carbonyl (C=O) groups excluding carboxylic acids is 1. The van der Waals surface area contributed by atoms with E-state index in [4.69, 9.17) is 0 Å². The highest BCUT2D eigenvalue weighted by molar-refractivity contribution is 5.97. The molecule has 2 rings (SSSR count). The number of rotatable bonds is 2. The third-order valence-electron chi connectivity index (χ3n) is 2.65. The predicted octanol–water partition coefficient (Wildman–Crippen LogP) is 0.396. The first kappa shape index (κ1) is 11.5. The average molecular weight is 237 g/mol. The van der Waals surface area contributed by atoms with Crippen molar-refractivity contribution in [3.05, 3.63) is 27.9 Å². The second kappa shape index (κ2) is 4.10. The van der Waals surface area contributed by atoms with Crippen molar-refractivity contribution >= 4 is 17.4 Å². The van der Waals surface area contributed by atoms with Crippen LogP contribution in [0.15, 0.2) is 12.3 Å². The molecule has 0 aromatic carbocycles. The molecule has 1 fully saturated rings. The molecule has 1 aliphatic heterocycles. The Bertz CT molecular complexity index is 488. The van der Waals surface area contributed by atoms with E-state index >= 15 is 0 Å². The molecule has 1 aromatic rings. The van der Waals surface area contributed by atoms with Crippen LogP contribution < -0.4 is 4.90 Å². The quantitative estimate of drug-likeness (QED) is 0.593. The molecular weight excluding hydrogens is 226 g/mol. The summed E-state index contributed by atoms with van der Waals surface area (Å²) in [7, 11) is 0. The molecule has 90 valence electrons. The summed E-state index contributed by atoms with van der Waals surface area (Å²) in [5.74, 6) is -0.338. The van der Waals surface area contributed by atoms with Gasteiger partial charge in [0.05, 0.1) is 24.0 Å². The summed E-state index contributed by atoms with van der Waals surface area (Å²) < 4.78 is 0. The van der Waals surface area contributed by atoms with Gasteiger partial charge in [-0.15, -0.1) is 0 Å². The largest absolute Gasteiger partial charge is 0.391 e. The normalized spacial score (nSPS) is 19.8. The monoisotopic (exact) mass is 237 g/mol. The van der Waals surface area contributed by atoms with Crippen molar-refractivity contribution in [3.63, 3.8) is 0 Å². The van der Waals surface area contributed by atoms with Crippen LogP contribution in [0.3, 0.4) is 0 Å². The van der Waals surface area contributed by atoms with Crippen molar-refractivity contribution in [2.24, 2.45) is 0 Å². The van der Waals surface area contributed by atoms with Gasteiger partial charge in [0, 0.05) is 11.8 Å². The van der Waals surface area contributed by atoms with Crippen LogP contribution >= 0.6 is 0 Å². The summed E-state index contributed by atoms with van der Waals surface area (Å²) in [6.45, 7) is 1.64. The number of aliphatic hydroxyl groups excluding tert-OH is 1. The standard InChI is InChI=1S/C10H11N3O4/c1-6-2-3-11-10(9(6)13(16)17)12-5-7(14)4-8(12)15/h2-3,7,14H,4-5H2,1H3. The third kappa shape index (κ3) is 1.96. The van der Waals surface area contributed by atoms with Gasteiger partial charge < -0.3 is 5.11 Å². The minimum Gasteiger partial charge on any atom is -0.391 e. The molecule has 0 aliphatic carbocycles. The molecule has 17 heavy (non-hydrogen) atoms. The zero-order chi connectivity index (χ0) is 12.6. The van der Waals surface area contributed by atoms with Gasteiger partial charge in [-0.3, -0.25) is 19.8 Å². The van der Waals surface area contributed by atoms with E-state index in [1.165, 1.54) is 12.3 Å². The number of aromatic nitrogens is 1. The van der Waals surface area contributed by atoms with Crippen molar-refractivity contribution in [2.75, 3.05) is 11.4 Å². The molecule has 2 heterocycles. The molecule has 0 spiro atoms. The van der Waals surface area contributed by atoms with Gasteiger partial charge in [-0.25, -0.2) is 4.98 Å². The van der Waals surface area contributed by atoms with Crippen molar-refractivity contribution in [1.29, 1.82) is 0 Å². The Morgan fingerprint density at radius 3 is 2.88 bits per heavy atom. The molecule has 1 aliphatic rings. The number of β-amino-alcohol motifs (C(OH)–C–C–N with tert-alkyl or cyclic N) is 1. The van der Waals surface area contributed by atoms with Gasteiger partial charge in [0.15, 0.2) is 0 Å². The minimum atomic E-state index is -0.788. The second-order valence-corrected chi connectivity index (χ2v) is 3.92. The van der Waals surface area contributed by atoms with Crippen molar-refractivity contribution in [3.8, 4) is 0 Å². The second-order valence-electron chi connectivity index (χ2n) is 3.92. The van der Waals surface area contributed by atoms with Crippen LogP contribution in [-0.2, 0) is 4.79 Å². The molecule has 1 atom stereocenters. The minimum absolute atomic E-state index is 0.0107. The van der Waals surface area contributed by atoms with Crippen LogP contribution in [0.2, 0.25) is 0 Å².